The number of rotatable bonds is 5. The molecule has 0 rings (SSSR count). The Morgan fingerprint density at radius 1 is 1.50 bits per heavy atom. The third-order valence-electron chi connectivity index (χ3n) is 1.26. The second-order valence-electron chi connectivity index (χ2n) is 2.35. The predicted molar refractivity (Wildman–Crippen MR) is 43.8 cm³/mol. The van der Waals surface area contributed by atoms with E-state index in [2.05, 4.69) is 24.1 Å². The highest BCUT2D eigenvalue weighted by Crippen LogP contribution is 1.88. The lowest BCUT2D eigenvalue weighted by molar-refractivity contribution is 0.269. The van der Waals surface area contributed by atoms with Crippen molar-refractivity contribution in [3.8, 4) is 0 Å². The molecular formula is C8H17NO. The van der Waals surface area contributed by atoms with E-state index in [-0.39, 0.29) is 6.61 Å². The van der Waals surface area contributed by atoms with E-state index in [1.165, 1.54) is 0 Å². The molecule has 0 heterocycles. The summed E-state index contributed by atoms with van der Waals surface area (Å²) < 4.78 is 0. The van der Waals surface area contributed by atoms with Gasteiger partial charge in [0.2, 0.25) is 0 Å². The molecular weight excluding hydrogens is 126 g/mol. The Labute approximate surface area is 63.2 Å². The van der Waals surface area contributed by atoms with Crippen LogP contribution in [0.15, 0.2) is 12.3 Å². The first-order valence-corrected chi connectivity index (χ1v) is 3.79. The Kier molecular flexibility index (Phi) is 6.29. The number of aliphatic hydroxyl groups excluding tert-OH is 1. The summed E-state index contributed by atoms with van der Waals surface area (Å²) in [6, 6.07) is 0. The molecule has 0 aliphatic rings. The molecule has 0 radical (unpaired) electrons. The number of hydrogen-bond acceptors (Lipinski definition) is 2. The third kappa shape index (κ3) is 5.63. The summed E-state index contributed by atoms with van der Waals surface area (Å²) in [6.07, 6.45) is 6.08. The van der Waals surface area contributed by atoms with Gasteiger partial charge in [-0.3, -0.25) is 0 Å². The van der Waals surface area contributed by atoms with Gasteiger partial charge in [0.1, 0.15) is 0 Å². The molecule has 0 fully saturated rings. The molecule has 0 unspecified atom stereocenters. The first-order valence-electron chi connectivity index (χ1n) is 3.79. The number of hydrogen-bond donors (Lipinski definition) is 1. The van der Waals surface area contributed by atoms with Gasteiger partial charge in [-0.15, -0.1) is 0 Å². The Hall–Kier alpha value is -0.500. The maximum atomic E-state index is 8.49. The van der Waals surface area contributed by atoms with Gasteiger partial charge in [0.05, 0.1) is 0 Å². The van der Waals surface area contributed by atoms with E-state index in [0.29, 0.717) is 0 Å². The SMILES string of the molecule is CC/C=C\N(C)CCCO. The van der Waals surface area contributed by atoms with Gasteiger partial charge in [-0.1, -0.05) is 13.0 Å². The van der Waals surface area contributed by atoms with Crippen molar-refractivity contribution in [3.63, 3.8) is 0 Å². The summed E-state index contributed by atoms with van der Waals surface area (Å²) in [5.74, 6) is 0. The highest BCUT2D eigenvalue weighted by atomic mass is 16.3. The van der Waals surface area contributed by atoms with Crippen LogP contribution in [0, 0.1) is 0 Å². The van der Waals surface area contributed by atoms with Crippen LogP contribution >= 0.6 is 0 Å². The van der Waals surface area contributed by atoms with Crippen molar-refractivity contribution >= 4 is 0 Å². The lowest BCUT2D eigenvalue weighted by Crippen LogP contribution is -2.12. The first kappa shape index (κ1) is 9.50. The van der Waals surface area contributed by atoms with E-state index in [1.807, 2.05) is 7.05 Å². The molecule has 0 atom stereocenters. The Bertz CT molecular complexity index is 91.3. The zero-order valence-corrected chi connectivity index (χ0v) is 6.88. The van der Waals surface area contributed by atoms with E-state index >= 15 is 0 Å². The maximum absolute atomic E-state index is 8.49. The number of aliphatic hydroxyl groups is 1. The quantitative estimate of drug-likeness (QED) is 0.625. The summed E-state index contributed by atoms with van der Waals surface area (Å²) in [4.78, 5) is 2.08. The van der Waals surface area contributed by atoms with E-state index < -0.39 is 0 Å². The lowest BCUT2D eigenvalue weighted by Gasteiger charge is -2.11. The Balaban J connectivity index is 3.24. The van der Waals surface area contributed by atoms with Gasteiger partial charge in [0, 0.05) is 20.2 Å². The zero-order chi connectivity index (χ0) is 7.82. The van der Waals surface area contributed by atoms with Crippen molar-refractivity contribution in [1.29, 1.82) is 0 Å². The van der Waals surface area contributed by atoms with Gasteiger partial charge in [0.15, 0.2) is 0 Å². The first-order chi connectivity index (χ1) is 4.81. The van der Waals surface area contributed by atoms with E-state index in [9.17, 15) is 0 Å². The van der Waals surface area contributed by atoms with Crippen molar-refractivity contribution in [2.45, 2.75) is 19.8 Å². The molecule has 0 aromatic carbocycles. The molecule has 10 heavy (non-hydrogen) atoms. The van der Waals surface area contributed by atoms with Gasteiger partial charge in [0.25, 0.3) is 0 Å². The summed E-state index contributed by atoms with van der Waals surface area (Å²) in [5, 5.41) is 8.49. The molecule has 0 aromatic heterocycles. The van der Waals surface area contributed by atoms with Crippen LogP contribution in [0.25, 0.3) is 0 Å². The smallest absolute Gasteiger partial charge is 0.0447 e. The molecule has 2 heteroatoms. The van der Waals surface area contributed by atoms with Gasteiger partial charge >= 0.3 is 0 Å². The molecule has 0 saturated carbocycles. The van der Waals surface area contributed by atoms with E-state index in [4.69, 9.17) is 5.11 Å². The van der Waals surface area contributed by atoms with Crippen LogP contribution in [0.3, 0.4) is 0 Å². The number of nitrogens with zero attached hydrogens (tertiary/aromatic N) is 1. The molecule has 0 aliphatic carbocycles. The lowest BCUT2D eigenvalue weighted by atomic mass is 10.4. The fraction of sp³-hybridized carbons (Fsp3) is 0.750. The van der Waals surface area contributed by atoms with E-state index in [1.54, 1.807) is 0 Å². The largest absolute Gasteiger partial charge is 0.396 e. The molecule has 0 aliphatic heterocycles. The fourth-order valence-electron chi connectivity index (χ4n) is 0.680. The second-order valence-corrected chi connectivity index (χ2v) is 2.35. The van der Waals surface area contributed by atoms with Crippen LogP contribution in [0.4, 0.5) is 0 Å². The monoisotopic (exact) mass is 143 g/mol. The molecule has 60 valence electrons. The standard InChI is InChI=1S/C8H17NO/c1-3-4-6-9(2)7-5-8-10/h4,6,10H,3,5,7-8H2,1-2H3/b6-4-. The van der Waals surface area contributed by atoms with Gasteiger partial charge < -0.3 is 10.0 Å². The Morgan fingerprint density at radius 2 is 2.20 bits per heavy atom. The summed E-state index contributed by atoms with van der Waals surface area (Å²) in [5.41, 5.74) is 0. The molecule has 0 spiro atoms. The van der Waals surface area contributed by atoms with Crippen molar-refractivity contribution in [1.82, 2.24) is 4.90 Å². The minimum atomic E-state index is 0.282. The molecule has 2 nitrogen and oxygen atoms in total. The van der Waals surface area contributed by atoms with Gasteiger partial charge in [-0.2, -0.15) is 0 Å². The molecule has 1 N–H and O–H groups in total. The third-order valence-corrected chi connectivity index (χ3v) is 1.26. The fourth-order valence-corrected chi connectivity index (χ4v) is 0.680. The van der Waals surface area contributed by atoms with Crippen LogP contribution in [0.2, 0.25) is 0 Å². The zero-order valence-electron chi connectivity index (χ0n) is 6.88. The highest BCUT2D eigenvalue weighted by molar-refractivity contribution is 4.78. The topological polar surface area (TPSA) is 23.5 Å². The highest BCUT2D eigenvalue weighted by Gasteiger charge is 1.87. The summed E-state index contributed by atoms with van der Waals surface area (Å²) >= 11 is 0. The number of allylic oxidation sites excluding steroid dienone is 1. The van der Waals surface area contributed by atoms with Crippen LogP contribution in [-0.2, 0) is 0 Å². The van der Waals surface area contributed by atoms with Crippen LogP contribution in [0.5, 0.6) is 0 Å². The molecule has 0 saturated heterocycles. The second kappa shape index (κ2) is 6.62. The van der Waals surface area contributed by atoms with Gasteiger partial charge in [-0.25, -0.2) is 0 Å². The maximum Gasteiger partial charge on any atom is 0.0447 e. The average molecular weight is 143 g/mol. The molecule has 0 amide bonds. The van der Waals surface area contributed by atoms with E-state index in [0.717, 1.165) is 19.4 Å². The minimum absolute atomic E-state index is 0.282. The van der Waals surface area contributed by atoms with Crippen molar-refractivity contribution < 1.29 is 5.11 Å². The summed E-state index contributed by atoms with van der Waals surface area (Å²) in [7, 11) is 2.02. The van der Waals surface area contributed by atoms with Crippen LogP contribution < -0.4 is 0 Å². The van der Waals surface area contributed by atoms with Crippen LogP contribution in [-0.4, -0.2) is 30.2 Å². The van der Waals surface area contributed by atoms with Crippen molar-refractivity contribution in [2.75, 3.05) is 20.2 Å². The van der Waals surface area contributed by atoms with Gasteiger partial charge in [-0.05, 0) is 19.0 Å². The predicted octanol–water partition coefficient (Wildman–Crippen LogP) is 1.22. The van der Waals surface area contributed by atoms with Crippen molar-refractivity contribution in [3.05, 3.63) is 12.3 Å². The Morgan fingerprint density at radius 3 is 2.70 bits per heavy atom. The normalized spacial score (nSPS) is 10.7. The minimum Gasteiger partial charge on any atom is -0.396 e. The molecule has 0 aromatic rings. The average Bonchev–Trinajstić information content (AvgIpc) is 1.97. The summed E-state index contributed by atoms with van der Waals surface area (Å²) in [6.45, 7) is 3.33. The van der Waals surface area contributed by atoms with Crippen molar-refractivity contribution in [2.24, 2.45) is 0 Å². The van der Waals surface area contributed by atoms with Crippen LogP contribution in [0.1, 0.15) is 19.8 Å². The molecule has 0 bridgehead atoms.